The van der Waals surface area contributed by atoms with Crippen LogP contribution in [0, 0.1) is 0 Å². The highest BCUT2D eigenvalue weighted by molar-refractivity contribution is 7.10. The van der Waals surface area contributed by atoms with Gasteiger partial charge in [0.25, 0.3) is 0 Å². The third kappa shape index (κ3) is 3.60. The lowest BCUT2D eigenvalue weighted by atomic mass is 10.1. The van der Waals surface area contributed by atoms with Gasteiger partial charge in [-0.2, -0.15) is 0 Å². The first-order valence-corrected chi connectivity index (χ1v) is 8.09. The summed E-state index contributed by atoms with van der Waals surface area (Å²) in [5, 5.41) is 3.02. The average Bonchev–Trinajstić information content (AvgIpc) is 3.09. The summed E-state index contributed by atoms with van der Waals surface area (Å²) < 4.78 is 10.6. The van der Waals surface area contributed by atoms with Gasteiger partial charge in [0.1, 0.15) is 5.01 Å². The highest BCUT2D eigenvalue weighted by Crippen LogP contribution is 2.32. The van der Waals surface area contributed by atoms with Crippen LogP contribution in [0.3, 0.4) is 0 Å². The lowest BCUT2D eigenvalue weighted by Crippen LogP contribution is -1.90. The number of ether oxygens (including phenoxy) is 2. The minimum Gasteiger partial charge on any atom is -0.493 e. The van der Waals surface area contributed by atoms with E-state index in [1.807, 2.05) is 47.9 Å². The van der Waals surface area contributed by atoms with Crippen molar-refractivity contribution < 1.29 is 9.47 Å². The molecule has 23 heavy (non-hydrogen) atoms. The van der Waals surface area contributed by atoms with E-state index in [9.17, 15) is 0 Å². The molecule has 0 radical (unpaired) electrons. The third-order valence-electron chi connectivity index (χ3n) is 3.42. The molecule has 0 aliphatic rings. The number of hydrogen-bond acceptors (Lipinski definition) is 4. The van der Waals surface area contributed by atoms with Gasteiger partial charge in [-0.15, -0.1) is 11.3 Å². The molecule has 0 saturated carbocycles. The largest absolute Gasteiger partial charge is 0.493 e. The lowest BCUT2D eigenvalue weighted by Gasteiger charge is -2.08. The Labute approximate surface area is 139 Å². The second kappa shape index (κ2) is 7.11. The van der Waals surface area contributed by atoms with Crippen molar-refractivity contribution in [1.82, 2.24) is 4.98 Å². The third-order valence-corrected chi connectivity index (χ3v) is 4.23. The van der Waals surface area contributed by atoms with Crippen LogP contribution in [0.15, 0.2) is 53.9 Å². The summed E-state index contributed by atoms with van der Waals surface area (Å²) in [6.45, 7) is 0. The summed E-state index contributed by atoms with van der Waals surface area (Å²) >= 11 is 1.62. The second-order valence-corrected chi connectivity index (χ2v) is 5.77. The molecule has 4 heteroatoms. The number of hydrogen-bond donors (Lipinski definition) is 0. The van der Waals surface area contributed by atoms with Gasteiger partial charge in [0.05, 0.1) is 19.9 Å². The summed E-state index contributed by atoms with van der Waals surface area (Å²) in [5.74, 6) is 1.43. The fraction of sp³-hybridized carbons (Fsp3) is 0.105. The first kappa shape index (κ1) is 15.3. The van der Waals surface area contributed by atoms with Gasteiger partial charge in [-0.3, -0.25) is 0 Å². The molecule has 0 atom stereocenters. The van der Waals surface area contributed by atoms with Gasteiger partial charge in [-0.25, -0.2) is 4.98 Å². The Balaban J connectivity index is 1.83. The van der Waals surface area contributed by atoms with Crippen LogP contribution in [0.5, 0.6) is 11.5 Å². The number of methoxy groups -OCH3 is 2. The van der Waals surface area contributed by atoms with E-state index < -0.39 is 0 Å². The van der Waals surface area contributed by atoms with E-state index in [1.165, 1.54) is 0 Å². The topological polar surface area (TPSA) is 31.4 Å². The van der Waals surface area contributed by atoms with Crippen molar-refractivity contribution in [2.24, 2.45) is 0 Å². The normalized spacial score (nSPS) is 10.9. The number of aromatic nitrogens is 1. The first-order chi connectivity index (χ1) is 11.3. The Hall–Kier alpha value is -2.59. The zero-order valence-corrected chi connectivity index (χ0v) is 13.8. The molecule has 0 amide bonds. The van der Waals surface area contributed by atoms with Gasteiger partial charge in [-0.1, -0.05) is 36.4 Å². The highest BCUT2D eigenvalue weighted by atomic mass is 32.1. The SMILES string of the molecule is COc1ccc(-c2csc(C=Cc3ccccc3)n2)cc1OC. The first-order valence-electron chi connectivity index (χ1n) is 7.21. The predicted molar refractivity (Wildman–Crippen MR) is 96.0 cm³/mol. The van der Waals surface area contributed by atoms with E-state index in [1.54, 1.807) is 25.6 Å². The van der Waals surface area contributed by atoms with E-state index in [2.05, 4.69) is 23.2 Å². The molecule has 116 valence electrons. The van der Waals surface area contributed by atoms with Gasteiger partial charge >= 0.3 is 0 Å². The zero-order valence-electron chi connectivity index (χ0n) is 13.0. The van der Waals surface area contributed by atoms with E-state index >= 15 is 0 Å². The van der Waals surface area contributed by atoms with Crippen molar-refractivity contribution in [3.8, 4) is 22.8 Å². The van der Waals surface area contributed by atoms with Crippen molar-refractivity contribution in [3.63, 3.8) is 0 Å². The second-order valence-electron chi connectivity index (χ2n) is 4.88. The molecule has 0 unspecified atom stereocenters. The Bertz CT molecular complexity index is 809. The Kier molecular flexibility index (Phi) is 4.74. The maximum Gasteiger partial charge on any atom is 0.161 e. The summed E-state index contributed by atoms with van der Waals surface area (Å²) in [7, 11) is 3.27. The highest BCUT2D eigenvalue weighted by Gasteiger charge is 2.08. The molecule has 0 aliphatic heterocycles. The number of thiazole rings is 1. The predicted octanol–water partition coefficient (Wildman–Crippen LogP) is 5.00. The molecular formula is C19H17NO2S. The van der Waals surface area contributed by atoms with E-state index in [-0.39, 0.29) is 0 Å². The zero-order chi connectivity index (χ0) is 16.1. The molecule has 3 rings (SSSR count). The van der Waals surface area contributed by atoms with Crippen molar-refractivity contribution in [2.75, 3.05) is 14.2 Å². The summed E-state index contributed by atoms with van der Waals surface area (Å²) in [6, 6.07) is 16.0. The molecule has 0 bridgehead atoms. The Morgan fingerprint density at radius 3 is 2.43 bits per heavy atom. The van der Waals surface area contributed by atoms with Crippen LogP contribution in [0.4, 0.5) is 0 Å². The van der Waals surface area contributed by atoms with Crippen molar-refractivity contribution >= 4 is 23.5 Å². The molecule has 0 fully saturated rings. The van der Waals surface area contributed by atoms with Crippen LogP contribution >= 0.6 is 11.3 Å². The molecule has 3 aromatic rings. The van der Waals surface area contributed by atoms with Crippen LogP contribution in [0.1, 0.15) is 10.6 Å². The smallest absolute Gasteiger partial charge is 0.161 e. The van der Waals surface area contributed by atoms with Crippen LogP contribution in [0.25, 0.3) is 23.4 Å². The van der Waals surface area contributed by atoms with Crippen molar-refractivity contribution in [3.05, 3.63) is 64.5 Å². The van der Waals surface area contributed by atoms with Crippen LogP contribution < -0.4 is 9.47 Å². The number of benzene rings is 2. The molecule has 1 heterocycles. The van der Waals surface area contributed by atoms with E-state index in [0.29, 0.717) is 5.75 Å². The molecule has 1 aromatic heterocycles. The van der Waals surface area contributed by atoms with Gasteiger partial charge in [0, 0.05) is 10.9 Å². The average molecular weight is 323 g/mol. The van der Waals surface area contributed by atoms with E-state index in [4.69, 9.17) is 9.47 Å². The monoisotopic (exact) mass is 323 g/mol. The summed E-state index contributed by atoms with van der Waals surface area (Å²) in [4.78, 5) is 4.66. The number of nitrogens with zero attached hydrogens (tertiary/aromatic N) is 1. The fourth-order valence-electron chi connectivity index (χ4n) is 2.22. The molecule has 0 aliphatic carbocycles. The Morgan fingerprint density at radius 1 is 0.913 bits per heavy atom. The van der Waals surface area contributed by atoms with Gasteiger partial charge < -0.3 is 9.47 Å². The number of rotatable bonds is 5. The van der Waals surface area contributed by atoms with Gasteiger partial charge in [0.15, 0.2) is 11.5 Å². The fourth-order valence-corrected chi connectivity index (χ4v) is 2.94. The molecular weight excluding hydrogens is 306 g/mol. The van der Waals surface area contributed by atoms with Crippen molar-refractivity contribution in [2.45, 2.75) is 0 Å². The minimum absolute atomic E-state index is 0.708. The molecule has 2 aromatic carbocycles. The summed E-state index contributed by atoms with van der Waals surface area (Å²) in [6.07, 6.45) is 4.10. The molecule has 0 saturated heterocycles. The molecule has 3 nitrogen and oxygen atoms in total. The van der Waals surface area contributed by atoms with Crippen LogP contribution in [0.2, 0.25) is 0 Å². The van der Waals surface area contributed by atoms with E-state index in [0.717, 1.165) is 27.6 Å². The standard InChI is InChI=1S/C19H17NO2S/c1-21-17-10-9-15(12-18(17)22-2)16-13-23-19(20-16)11-8-14-6-4-3-5-7-14/h3-13H,1-2H3. The Morgan fingerprint density at radius 2 is 1.70 bits per heavy atom. The van der Waals surface area contributed by atoms with Gasteiger partial charge in [0.2, 0.25) is 0 Å². The maximum atomic E-state index is 5.35. The van der Waals surface area contributed by atoms with Gasteiger partial charge in [-0.05, 0) is 29.8 Å². The lowest BCUT2D eigenvalue weighted by molar-refractivity contribution is 0.355. The quantitative estimate of drug-likeness (QED) is 0.662. The summed E-state index contributed by atoms with van der Waals surface area (Å²) in [5.41, 5.74) is 3.11. The molecule has 0 N–H and O–H groups in total. The molecule has 0 spiro atoms. The van der Waals surface area contributed by atoms with Crippen molar-refractivity contribution in [1.29, 1.82) is 0 Å². The minimum atomic E-state index is 0.708. The van der Waals surface area contributed by atoms with Crippen LogP contribution in [-0.2, 0) is 0 Å². The van der Waals surface area contributed by atoms with Crippen LogP contribution in [-0.4, -0.2) is 19.2 Å². The maximum absolute atomic E-state index is 5.35.